The number of carbonyl (C=O) groups excluding carboxylic acids is 1. The molecule has 1 amide bonds. The maximum atomic E-state index is 12.6. The van der Waals surface area contributed by atoms with Gasteiger partial charge in [-0.3, -0.25) is 4.79 Å². The molecule has 0 atom stereocenters. The fraction of sp³-hybridized carbons (Fsp3) is 0.381. The van der Waals surface area contributed by atoms with Gasteiger partial charge in [-0.2, -0.15) is 8.42 Å². The molecule has 2 aromatic carbocycles. The molecule has 0 spiro atoms. The molecule has 0 aliphatic heterocycles. The fourth-order valence-electron chi connectivity index (χ4n) is 2.79. The van der Waals surface area contributed by atoms with Crippen molar-refractivity contribution in [2.45, 2.75) is 45.4 Å². The zero-order chi connectivity index (χ0) is 20.2. The summed E-state index contributed by atoms with van der Waals surface area (Å²) in [6.07, 6.45) is 0. The maximum absolute atomic E-state index is 12.6. The zero-order valence-electron chi connectivity index (χ0n) is 16.5. The van der Waals surface area contributed by atoms with Crippen LogP contribution < -0.4 is 4.18 Å². The highest BCUT2D eigenvalue weighted by Gasteiger charge is 2.19. The van der Waals surface area contributed by atoms with Crippen LogP contribution in [0.25, 0.3) is 0 Å². The molecule has 2 aromatic rings. The largest absolute Gasteiger partial charge is 0.379 e. The van der Waals surface area contributed by atoms with E-state index in [0.717, 1.165) is 11.1 Å². The molecular weight excluding hydrogens is 362 g/mol. The van der Waals surface area contributed by atoms with Crippen molar-refractivity contribution in [3.63, 3.8) is 0 Å². The number of aryl methyl sites for hydroxylation is 1. The first-order valence-electron chi connectivity index (χ1n) is 9.13. The van der Waals surface area contributed by atoms with E-state index in [4.69, 9.17) is 4.18 Å². The summed E-state index contributed by atoms with van der Waals surface area (Å²) >= 11 is 0. The molecule has 27 heavy (non-hydrogen) atoms. The Kier molecular flexibility index (Phi) is 6.65. The van der Waals surface area contributed by atoms with Gasteiger partial charge in [0.2, 0.25) is 0 Å². The lowest BCUT2D eigenvalue weighted by molar-refractivity contribution is 0.0773. The van der Waals surface area contributed by atoms with Crippen LogP contribution in [-0.4, -0.2) is 32.3 Å². The Hall–Kier alpha value is -2.34. The molecule has 146 valence electrons. The van der Waals surface area contributed by atoms with Crippen LogP contribution in [0.5, 0.6) is 5.75 Å². The molecule has 6 heteroatoms. The van der Waals surface area contributed by atoms with E-state index in [1.165, 1.54) is 24.3 Å². The molecule has 0 unspecified atom stereocenters. The lowest BCUT2D eigenvalue weighted by Crippen LogP contribution is -2.30. The second-order valence-electron chi connectivity index (χ2n) is 6.77. The third-order valence-electron chi connectivity index (χ3n) is 4.39. The summed E-state index contributed by atoms with van der Waals surface area (Å²) in [5, 5.41) is 0. The van der Waals surface area contributed by atoms with Crippen LogP contribution in [0.4, 0.5) is 0 Å². The number of hydrogen-bond donors (Lipinski definition) is 0. The van der Waals surface area contributed by atoms with Crippen molar-refractivity contribution in [1.82, 2.24) is 4.90 Å². The first-order valence-corrected chi connectivity index (χ1v) is 10.5. The molecule has 0 aromatic heterocycles. The number of rotatable bonds is 7. The number of benzene rings is 2. The van der Waals surface area contributed by atoms with E-state index < -0.39 is 10.1 Å². The van der Waals surface area contributed by atoms with E-state index in [9.17, 15) is 13.2 Å². The van der Waals surface area contributed by atoms with Crippen LogP contribution in [0.1, 0.15) is 55.1 Å². The highest BCUT2D eigenvalue weighted by Crippen LogP contribution is 2.25. The monoisotopic (exact) mass is 389 g/mol. The number of carbonyl (C=O) groups is 1. The van der Waals surface area contributed by atoms with Crippen molar-refractivity contribution in [3.05, 3.63) is 59.2 Å². The Morgan fingerprint density at radius 3 is 2.15 bits per heavy atom. The molecule has 0 aliphatic rings. The maximum Gasteiger partial charge on any atom is 0.339 e. The van der Waals surface area contributed by atoms with Gasteiger partial charge >= 0.3 is 10.1 Å². The Labute approximate surface area is 162 Å². The molecule has 0 bridgehead atoms. The number of hydrogen-bond acceptors (Lipinski definition) is 4. The Morgan fingerprint density at radius 2 is 1.63 bits per heavy atom. The molecule has 0 saturated carbocycles. The molecule has 5 nitrogen and oxygen atoms in total. The fourth-order valence-corrected chi connectivity index (χ4v) is 3.71. The van der Waals surface area contributed by atoms with Crippen molar-refractivity contribution in [3.8, 4) is 5.75 Å². The van der Waals surface area contributed by atoms with Gasteiger partial charge < -0.3 is 9.08 Å². The predicted octanol–water partition coefficient (Wildman–Crippen LogP) is 4.37. The second-order valence-corrected chi connectivity index (χ2v) is 8.32. The molecular formula is C21H27NO4S. The van der Waals surface area contributed by atoms with Crippen molar-refractivity contribution in [1.29, 1.82) is 0 Å². The van der Waals surface area contributed by atoms with Crippen LogP contribution in [0, 0.1) is 6.92 Å². The van der Waals surface area contributed by atoms with Crippen molar-refractivity contribution < 1.29 is 17.4 Å². The number of amides is 1. The molecule has 0 saturated heterocycles. The molecule has 0 N–H and O–H groups in total. The minimum atomic E-state index is -3.97. The van der Waals surface area contributed by atoms with Gasteiger partial charge in [0.1, 0.15) is 10.6 Å². The third kappa shape index (κ3) is 5.10. The zero-order valence-corrected chi connectivity index (χ0v) is 17.3. The Bertz CT molecular complexity index is 898. The molecule has 2 rings (SSSR count). The average Bonchev–Trinajstić information content (AvgIpc) is 2.61. The van der Waals surface area contributed by atoms with Gasteiger partial charge in [0.05, 0.1) is 0 Å². The van der Waals surface area contributed by atoms with E-state index in [1.807, 2.05) is 40.7 Å². The van der Waals surface area contributed by atoms with E-state index in [1.54, 1.807) is 17.0 Å². The summed E-state index contributed by atoms with van der Waals surface area (Å²) in [5.74, 6) is 0.437. The average molecular weight is 390 g/mol. The minimum absolute atomic E-state index is 0.0196. The van der Waals surface area contributed by atoms with Gasteiger partial charge in [-0.1, -0.05) is 19.9 Å². The van der Waals surface area contributed by atoms with Gasteiger partial charge in [-0.05, 0) is 74.2 Å². The third-order valence-corrected chi connectivity index (χ3v) is 5.65. The minimum Gasteiger partial charge on any atom is -0.379 e. The first-order chi connectivity index (χ1) is 12.7. The number of nitrogens with zero attached hydrogens (tertiary/aromatic N) is 1. The normalized spacial score (nSPS) is 11.5. The Morgan fingerprint density at radius 1 is 1.04 bits per heavy atom. The summed E-state index contributed by atoms with van der Waals surface area (Å²) in [6, 6.07) is 11.3. The second kappa shape index (κ2) is 8.57. The van der Waals surface area contributed by atoms with Crippen LogP contribution in [0.2, 0.25) is 0 Å². The molecule has 0 radical (unpaired) electrons. The summed E-state index contributed by atoms with van der Waals surface area (Å²) in [7, 11) is -3.97. The lowest BCUT2D eigenvalue weighted by atomic mass is 10.0. The van der Waals surface area contributed by atoms with Crippen LogP contribution in [0.15, 0.2) is 47.4 Å². The SMILES string of the molecule is CCN(CC)C(=O)c1ccc(S(=O)(=O)Oc2cc(C)cc(C(C)C)c2)cc1. The molecule has 0 heterocycles. The summed E-state index contributed by atoms with van der Waals surface area (Å²) < 4.78 is 30.5. The van der Waals surface area contributed by atoms with Crippen LogP contribution in [-0.2, 0) is 10.1 Å². The summed E-state index contributed by atoms with van der Waals surface area (Å²) in [6.45, 7) is 11.0. The molecule has 0 aliphatic carbocycles. The van der Waals surface area contributed by atoms with E-state index in [0.29, 0.717) is 24.4 Å². The summed E-state index contributed by atoms with van der Waals surface area (Å²) in [4.78, 5) is 14.0. The van der Waals surface area contributed by atoms with Gasteiger partial charge in [-0.25, -0.2) is 0 Å². The first kappa shape index (κ1) is 21.0. The van der Waals surface area contributed by atoms with Crippen molar-refractivity contribution >= 4 is 16.0 Å². The Balaban J connectivity index is 2.26. The standard InChI is InChI=1S/C21H27NO4S/c1-6-22(7-2)21(23)17-8-10-20(11-9-17)27(24,25)26-19-13-16(5)12-18(14-19)15(3)4/h8-15H,6-7H2,1-5H3. The quantitative estimate of drug-likeness (QED) is 0.660. The topological polar surface area (TPSA) is 63.7 Å². The van der Waals surface area contributed by atoms with Gasteiger partial charge in [0.15, 0.2) is 0 Å². The van der Waals surface area contributed by atoms with Gasteiger partial charge in [0.25, 0.3) is 5.91 Å². The smallest absolute Gasteiger partial charge is 0.339 e. The highest BCUT2D eigenvalue weighted by atomic mass is 32.2. The predicted molar refractivity (Wildman–Crippen MR) is 107 cm³/mol. The van der Waals surface area contributed by atoms with E-state index in [-0.39, 0.29) is 16.7 Å². The highest BCUT2D eigenvalue weighted by molar-refractivity contribution is 7.87. The lowest BCUT2D eigenvalue weighted by Gasteiger charge is -2.18. The summed E-state index contributed by atoms with van der Waals surface area (Å²) in [5.41, 5.74) is 2.40. The van der Waals surface area contributed by atoms with Crippen molar-refractivity contribution in [2.24, 2.45) is 0 Å². The van der Waals surface area contributed by atoms with E-state index in [2.05, 4.69) is 0 Å². The van der Waals surface area contributed by atoms with Gasteiger partial charge in [0, 0.05) is 18.7 Å². The van der Waals surface area contributed by atoms with E-state index >= 15 is 0 Å². The van der Waals surface area contributed by atoms with Gasteiger partial charge in [-0.15, -0.1) is 0 Å². The van der Waals surface area contributed by atoms with Crippen LogP contribution >= 0.6 is 0 Å². The molecule has 0 fully saturated rings. The van der Waals surface area contributed by atoms with Crippen molar-refractivity contribution in [2.75, 3.05) is 13.1 Å². The van der Waals surface area contributed by atoms with Crippen LogP contribution in [0.3, 0.4) is 0 Å².